The van der Waals surface area contributed by atoms with Crippen LogP contribution in [0.5, 0.6) is 0 Å². The van der Waals surface area contributed by atoms with E-state index < -0.39 is 0 Å². The van der Waals surface area contributed by atoms with Crippen molar-refractivity contribution in [1.82, 2.24) is 10.2 Å². The van der Waals surface area contributed by atoms with E-state index in [4.69, 9.17) is 10.00 Å². The third-order valence-electron chi connectivity index (χ3n) is 4.12. The average Bonchev–Trinajstić information content (AvgIpc) is 2.99. The molecule has 0 radical (unpaired) electrons. The molecule has 1 aromatic carbocycles. The van der Waals surface area contributed by atoms with E-state index in [9.17, 15) is 0 Å². The first-order valence-corrected chi connectivity index (χ1v) is 7.67. The molecule has 0 aromatic heterocycles. The van der Waals surface area contributed by atoms with Crippen molar-refractivity contribution in [2.45, 2.75) is 32.4 Å². The Morgan fingerprint density at radius 3 is 2.95 bits per heavy atom. The summed E-state index contributed by atoms with van der Waals surface area (Å²) in [6.07, 6.45) is 2.54. The van der Waals surface area contributed by atoms with E-state index in [1.165, 1.54) is 24.0 Å². The number of hydrogen-bond donors (Lipinski definition) is 1. The largest absolute Gasteiger partial charge is 0.383 e. The minimum absolute atomic E-state index is 0.598. The third kappa shape index (κ3) is 4.82. The Hall–Kier alpha value is -1.41. The van der Waals surface area contributed by atoms with Crippen LogP contribution in [0.3, 0.4) is 0 Å². The molecule has 0 saturated carbocycles. The highest BCUT2D eigenvalue weighted by Crippen LogP contribution is 2.15. The fraction of sp³-hybridized carbons (Fsp3) is 0.588. The average molecular weight is 287 g/mol. The smallest absolute Gasteiger partial charge is 0.0991 e. The summed E-state index contributed by atoms with van der Waals surface area (Å²) in [7, 11) is 1.75. The topological polar surface area (TPSA) is 48.3 Å². The molecule has 1 saturated heterocycles. The van der Waals surface area contributed by atoms with Gasteiger partial charge in [0.1, 0.15) is 0 Å². The molecule has 4 heteroatoms. The van der Waals surface area contributed by atoms with E-state index >= 15 is 0 Å². The number of aryl methyl sites for hydroxylation is 1. The van der Waals surface area contributed by atoms with Gasteiger partial charge in [0.25, 0.3) is 0 Å². The lowest BCUT2D eigenvalue weighted by Crippen LogP contribution is -2.38. The minimum atomic E-state index is 0.598. The van der Waals surface area contributed by atoms with Gasteiger partial charge in [0, 0.05) is 32.8 Å². The molecule has 1 heterocycles. The maximum absolute atomic E-state index is 8.96. The Balaban J connectivity index is 2.01. The van der Waals surface area contributed by atoms with Gasteiger partial charge in [0.05, 0.1) is 18.2 Å². The van der Waals surface area contributed by atoms with Gasteiger partial charge in [0.15, 0.2) is 0 Å². The van der Waals surface area contributed by atoms with Crippen LogP contribution in [0.2, 0.25) is 0 Å². The van der Waals surface area contributed by atoms with E-state index in [0.29, 0.717) is 6.04 Å². The monoisotopic (exact) mass is 287 g/mol. The number of rotatable bonds is 7. The fourth-order valence-electron chi connectivity index (χ4n) is 2.86. The normalized spacial score (nSPS) is 18.1. The van der Waals surface area contributed by atoms with Crippen molar-refractivity contribution in [1.29, 1.82) is 5.26 Å². The van der Waals surface area contributed by atoms with Gasteiger partial charge < -0.3 is 10.1 Å². The number of nitrogens with one attached hydrogen (secondary N) is 1. The number of ether oxygens (including phenoxy) is 1. The van der Waals surface area contributed by atoms with Crippen LogP contribution in [0.1, 0.15) is 29.5 Å². The van der Waals surface area contributed by atoms with Gasteiger partial charge in [-0.25, -0.2) is 0 Å². The molecule has 4 nitrogen and oxygen atoms in total. The first kappa shape index (κ1) is 16.0. The molecule has 1 aromatic rings. The molecule has 0 bridgehead atoms. The van der Waals surface area contributed by atoms with Gasteiger partial charge in [-0.2, -0.15) is 5.26 Å². The van der Waals surface area contributed by atoms with E-state index in [1.54, 1.807) is 7.11 Å². The molecular weight excluding hydrogens is 262 g/mol. The number of nitriles is 1. The van der Waals surface area contributed by atoms with Crippen LogP contribution in [0.4, 0.5) is 0 Å². The Bertz CT molecular complexity index is 489. The molecule has 1 aliphatic heterocycles. The molecule has 1 unspecified atom stereocenters. The first-order valence-electron chi connectivity index (χ1n) is 7.67. The standard InChI is InChI=1S/C17H25N3O/c1-14-10-15(11-18)5-6-16(14)12-20(8-9-21-2)13-17-4-3-7-19-17/h5-6,10,17,19H,3-4,7-9,12-13H2,1-2H3. The van der Waals surface area contributed by atoms with Crippen molar-refractivity contribution in [2.24, 2.45) is 0 Å². The van der Waals surface area contributed by atoms with Crippen LogP contribution in [-0.2, 0) is 11.3 Å². The van der Waals surface area contributed by atoms with Crippen LogP contribution in [0.15, 0.2) is 18.2 Å². The maximum atomic E-state index is 8.96. The summed E-state index contributed by atoms with van der Waals surface area (Å²) in [5.74, 6) is 0. The highest BCUT2D eigenvalue weighted by Gasteiger charge is 2.18. The fourth-order valence-corrected chi connectivity index (χ4v) is 2.86. The number of methoxy groups -OCH3 is 1. The predicted octanol–water partition coefficient (Wildman–Crippen LogP) is 2.07. The molecule has 1 aliphatic rings. The van der Waals surface area contributed by atoms with Gasteiger partial charge >= 0.3 is 0 Å². The molecule has 21 heavy (non-hydrogen) atoms. The van der Waals surface area contributed by atoms with E-state index in [2.05, 4.69) is 29.3 Å². The van der Waals surface area contributed by atoms with E-state index in [0.717, 1.165) is 38.3 Å². The first-order chi connectivity index (χ1) is 10.2. The van der Waals surface area contributed by atoms with Crippen LogP contribution in [0.25, 0.3) is 0 Å². The predicted molar refractivity (Wildman–Crippen MR) is 84.1 cm³/mol. The van der Waals surface area contributed by atoms with Crippen molar-refractivity contribution < 1.29 is 4.74 Å². The number of benzene rings is 1. The van der Waals surface area contributed by atoms with Gasteiger partial charge in [-0.05, 0) is 49.6 Å². The lowest BCUT2D eigenvalue weighted by atomic mass is 10.0. The third-order valence-corrected chi connectivity index (χ3v) is 4.12. The van der Waals surface area contributed by atoms with Crippen molar-refractivity contribution in [3.8, 4) is 6.07 Å². The number of nitrogens with zero attached hydrogens (tertiary/aromatic N) is 2. The lowest BCUT2D eigenvalue weighted by molar-refractivity contribution is 0.138. The van der Waals surface area contributed by atoms with Crippen molar-refractivity contribution in [3.05, 3.63) is 34.9 Å². The second-order valence-corrected chi connectivity index (χ2v) is 5.77. The van der Waals surface area contributed by atoms with Crippen molar-refractivity contribution in [2.75, 3.05) is 33.4 Å². The molecular formula is C17H25N3O. The van der Waals surface area contributed by atoms with Gasteiger partial charge in [-0.15, -0.1) is 0 Å². The van der Waals surface area contributed by atoms with Crippen LogP contribution >= 0.6 is 0 Å². The van der Waals surface area contributed by atoms with E-state index in [1.807, 2.05) is 12.1 Å². The maximum Gasteiger partial charge on any atom is 0.0991 e. The highest BCUT2D eigenvalue weighted by molar-refractivity contribution is 5.37. The zero-order valence-electron chi connectivity index (χ0n) is 13.1. The second-order valence-electron chi connectivity index (χ2n) is 5.77. The number of hydrogen-bond acceptors (Lipinski definition) is 4. The second kappa shape index (κ2) is 8.14. The molecule has 114 valence electrons. The molecule has 1 fully saturated rings. The molecule has 1 N–H and O–H groups in total. The molecule has 1 atom stereocenters. The minimum Gasteiger partial charge on any atom is -0.383 e. The van der Waals surface area contributed by atoms with Crippen molar-refractivity contribution >= 4 is 0 Å². The van der Waals surface area contributed by atoms with Crippen LogP contribution in [-0.4, -0.2) is 44.3 Å². The summed E-state index contributed by atoms with van der Waals surface area (Å²) in [6, 6.07) is 8.75. The Labute approximate surface area is 127 Å². The molecule has 2 rings (SSSR count). The SMILES string of the molecule is COCCN(Cc1ccc(C#N)cc1C)CC1CCCN1. The van der Waals surface area contributed by atoms with E-state index in [-0.39, 0.29) is 0 Å². The van der Waals surface area contributed by atoms with Gasteiger partial charge in [-0.3, -0.25) is 4.90 Å². The zero-order valence-corrected chi connectivity index (χ0v) is 13.1. The Morgan fingerprint density at radius 1 is 1.48 bits per heavy atom. The summed E-state index contributed by atoms with van der Waals surface area (Å²) in [5, 5.41) is 12.5. The highest BCUT2D eigenvalue weighted by atomic mass is 16.5. The van der Waals surface area contributed by atoms with Gasteiger partial charge in [0.2, 0.25) is 0 Å². The summed E-state index contributed by atoms with van der Waals surface area (Å²) < 4.78 is 5.24. The zero-order chi connectivity index (χ0) is 15.1. The van der Waals surface area contributed by atoms with Gasteiger partial charge in [-0.1, -0.05) is 6.07 Å². The molecule has 0 spiro atoms. The summed E-state index contributed by atoms with van der Waals surface area (Å²) >= 11 is 0. The molecule has 0 aliphatic carbocycles. The Kier molecular flexibility index (Phi) is 6.19. The summed E-state index contributed by atoms with van der Waals surface area (Å²) in [6.45, 7) is 6.88. The lowest BCUT2D eigenvalue weighted by Gasteiger charge is -2.26. The summed E-state index contributed by atoms with van der Waals surface area (Å²) in [4.78, 5) is 2.45. The molecule has 0 amide bonds. The summed E-state index contributed by atoms with van der Waals surface area (Å²) in [5.41, 5.74) is 3.22. The van der Waals surface area contributed by atoms with Crippen LogP contribution < -0.4 is 5.32 Å². The quantitative estimate of drug-likeness (QED) is 0.834. The van der Waals surface area contributed by atoms with Crippen molar-refractivity contribution in [3.63, 3.8) is 0 Å². The van der Waals surface area contributed by atoms with Crippen LogP contribution in [0, 0.1) is 18.3 Å². The Morgan fingerprint density at radius 2 is 2.33 bits per heavy atom.